The van der Waals surface area contributed by atoms with Crippen LogP contribution < -0.4 is 0 Å². The van der Waals surface area contributed by atoms with E-state index in [4.69, 9.17) is 4.74 Å². The van der Waals surface area contributed by atoms with Crippen molar-refractivity contribution in [3.63, 3.8) is 0 Å². The van der Waals surface area contributed by atoms with Gasteiger partial charge in [-0.1, -0.05) is 18.7 Å². The van der Waals surface area contributed by atoms with E-state index < -0.39 is 0 Å². The standard InChI is InChI=1S/C10H15NO2.ClH/c1-3-7-13-10(12)9-5-4-6-11(2)8-9;/h3,5H,1,4,6-8H2,2H3;1H. The third-order valence-corrected chi connectivity index (χ3v) is 1.94. The first-order valence-electron chi connectivity index (χ1n) is 4.39. The third kappa shape index (κ3) is 3.94. The minimum atomic E-state index is -0.216. The highest BCUT2D eigenvalue weighted by atomic mass is 35.5. The SMILES string of the molecule is C=CCOC(=O)C1=CCCN(C)C1.Cl. The van der Waals surface area contributed by atoms with Crippen molar-refractivity contribution in [2.24, 2.45) is 0 Å². The smallest absolute Gasteiger partial charge is 0.335 e. The summed E-state index contributed by atoms with van der Waals surface area (Å²) in [7, 11) is 1.99. The molecule has 4 heteroatoms. The fraction of sp³-hybridized carbons (Fsp3) is 0.500. The molecule has 3 nitrogen and oxygen atoms in total. The van der Waals surface area contributed by atoms with Gasteiger partial charge < -0.3 is 9.64 Å². The third-order valence-electron chi connectivity index (χ3n) is 1.94. The van der Waals surface area contributed by atoms with Crippen LogP contribution in [0.15, 0.2) is 24.3 Å². The second-order valence-electron chi connectivity index (χ2n) is 3.14. The second-order valence-corrected chi connectivity index (χ2v) is 3.14. The lowest BCUT2D eigenvalue weighted by molar-refractivity contribution is -0.138. The second kappa shape index (κ2) is 6.62. The van der Waals surface area contributed by atoms with Gasteiger partial charge in [0, 0.05) is 18.7 Å². The van der Waals surface area contributed by atoms with Gasteiger partial charge in [0.2, 0.25) is 0 Å². The fourth-order valence-electron chi connectivity index (χ4n) is 1.27. The number of nitrogens with zero attached hydrogens (tertiary/aromatic N) is 1. The van der Waals surface area contributed by atoms with Crippen LogP contribution in [0.3, 0.4) is 0 Å². The van der Waals surface area contributed by atoms with Crippen molar-refractivity contribution < 1.29 is 9.53 Å². The monoisotopic (exact) mass is 217 g/mol. The van der Waals surface area contributed by atoms with Gasteiger partial charge in [-0.2, -0.15) is 0 Å². The molecule has 0 fully saturated rings. The van der Waals surface area contributed by atoms with E-state index in [9.17, 15) is 4.79 Å². The molecule has 0 atom stereocenters. The van der Waals surface area contributed by atoms with Crippen molar-refractivity contribution in [3.8, 4) is 0 Å². The maximum atomic E-state index is 11.3. The van der Waals surface area contributed by atoms with E-state index in [2.05, 4.69) is 11.5 Å². The summed E-state index contributed by atoms with van der Waals surface area (Å²) in [5, 5.41) is 0. The van der Waals surface area contributed by atoms with E-state index in [0.717, 1.165) is 18.5 Å². The number of carbonyl (C=O) groups excluding carboxylic acids is 1. The molecule has 0 aromatic heterocycles. The van der Waals surface area contributed by atoms with Crippen molar-refractivity contribution in [1.82, 2.24) is 4.90 Å². The van der Waals surface area contributed by atoms with Crippen molar-refractivity contribution >= 4 is 18.4 Å². The van der Waals surface area contributed by atoms with Gasteiger partial charge >= 0.3 is 5.97 Å². The summed E-state index contributed by atoms with van der Waals surface area (Å²) >= 11 is 0. The van der Waals surface area contributed by atoms with E-state index in [-0.39, 0.29) is 18.4 Å². The zero-order valence-corrected chi connectivity index (χ0v) is 9.18. The summed E-state index contributed by atoms with van der Waals surface area (Å²) < 4.78 is 4.93. The van der Waals surface area contributed by atoms with E-state index >= 15 is 0 Å². The molecule has 0 bridgehead atoms. The largest absolute Gasteiger partial charge is 0.458 e. The lowest BCUT2D eigenvalue weighted by Crippen LogP contribution is -2.29. The Morgan fingerprint density at radius 1 is 1.79 bits per heavy atom. The highest BCUT2D eigenvalue weighted by Crippen LogP contribution is 2.08. The normalized spacial score (nSPS) is 16.5. The molecule has 1 aliphatic heterocycles. The molecule has 0 saturated heterocycles. The average Bonchev–Trinajstić information content (AvgIpc) is 2.14. The van der Waals surface area contributed by atoms with Gasteiger partial charge in [0.25, 0.3) is 0 Å². The molecular formula is C10H16ClNO2. The van der Waals surface area contributed by atoms with Gasteiger partial charge in [-0.25, -0.2) is 4.79 Å². The van der Waals surface area contributed by atoms with Gasteiger partial charge in [-0.15, -0.1) is 12.4 Å². The zero-order chi connectivity index (χ0) is 9.68. The predicted molar refractivity (Wildman–Crippen MR) is 58.6 cm³/mol. The summed E-state index contributed by atoms with van der Waals surface area (Å²) in [4.78, 5) is 13.4. The molecule has 0 amide bonds. The molecule has 0 radical (unpaired) electrons. The maximum Gasteiger partial charge on any atom is 0.335 e. The van der Waals surface area contributed by atoms with Gasteiger partial charge in [0.15, 0.2) is 0 Å². The van der Waals surface area contributed by atoms with E-state index in [1.165, 1.54) is 0 Å². The van der Waals surface area contributed by atoms with Crippen LogP contribution in [0, 0.1) is 0 Å². The summed E-state index contributed by atoms with van der Waals surface area (Å²) in [5.74, 6) is -0.216. The van der Waals surface area contributed by atoms with Crippen LogP contribution in [0.25, 0.3) is 0 Å². The Hall–Kier alpha value is -0.800. The molecule has 14 heavy (non-hydrogen) atoms. The Bertz CT molecular complexity index is 238. The van der Waals surface area contributed by atoms with Crippen LogP contribution in [0.2, 0.25) is 0 Å². The van der Waals surface area contributed by atoms with Gasteiger partial charge in [-0.05, 0) is 13.5 Å². The van der Waals surface area contributed by atoms with Crippen molar-refractivity contribution in [2.45, 2.75) is 6.42 Å². The van der Waals surface area contributed by atoms with Crippen molar-refractivity contribution in [1.29, 1.82) is 0 Å². The molecule has 0 spiro atoms. The summed E-state index contributed by atoms with van der Waals surface area (Å²) in [5.41, 5.74) is 0.760. The number of rotatable bonds is 3. The van der Waals surface area contributed by atoms with Crippen LogP contribution in [-0.4, -0.2) is 37.6 Å². The first-order chi connectivity index (χ1) is 6.24. The molecule has 0 aliphatic carbocycles. The minimum absolute atomic E-state index is 0. The molecule has 0 aromatic carbocycles. The highest BCUT2D eigenvalue weighted by Gasteiger charge is 2.15. The van der Waals surface area contributed by atoms with E-state index in [1.807, 2.05) is 13.1 Å². The van der Waals surface area contributed by atoms with Gasteiger partial charge in [0.1, 0.15) is 6.61 Å². The van der Waals surface area contributed by atoms with E-state index in [0.29, 0.717) is 13.2 Å². The molecule has 1 rings (SSSR count). The number of hydrogen-bond acceptors (Lipinski definition) is 3. The topological polar surface area (TPSA) is 29.5 Å². The van der Waals surface area contributed by atoms with Crippen LogP contribution in [0.5, 0.6) is 0 Å². The Morgan fingerprint density at radius 2 is 2.50 bits per heavy atom. The average molecular weight is 218 g/mol. The number of esters is 1. The number of hydrogen-bond donors (Lipinski definition) is 0. The minimum Gasteiger partial charge on any atom is -0.458 e. The first-order valence-corrected chi connectivity index (χ1v) is 4.39. The molecule has 0 unspecified atom stereocenters. The number of likely N-dealkylation sites (N-methyl/N-ethyl adjacent to an activating group) is 1. The lowest BCUT2D eigenvalue weighted by atomic mass is 10.1. The van der Waals surface area contributed by atoms with Crippen LogP contribution in [-0.2, 0) is 9.53 Å². The number of carbonyl (C=O) groups is 1. The predicted octanol–water partition coefficient (Wildman–Crippen LogP) is 1.40. The Balaban J connectivity index is 0.00000169. The lowest BCUT2D eigenvalue weighted by Gasteiger charge is -2.21. The Kier molecular flexibility index (Phi) is 6.25. The van der Waals surface area contributed by atoms with E-state index in [1.54, 1.807) is 6.08 Å². The quantitative estimate of drug-likeness (QED) is 0.529. The Labute approximate surface area is 90.8 Å². The van der Waals surface area contributed by atoms with Crippen LogP contribution in [0.1, 0.15) is 6.42 Å². The molecule has 0 N–H and O–H groups in total. The summed E-state index contributed by atoms with van der Waals surface area (Å²) in [6.45, 7) is 5.48. The zero-order valence-electron chi connectivity index (χ0n) is 8.36. The summed E-state index contributed by atoms with van der Waals surface area (Å²) in [6.07, 6.45) is 4.45. The molecule has 80 valence electrons. The van der Waals surface area contributed by atoms with Crippen molar-refractivity contribution in [3.05, 3.63) is 24.3 Å². The summed E-state index contributed by atoms with van der Waals surface area (Å²) in [6, 6.07) is 0. The van der Waals surface area contributed by atoms with Gasteiger partial charge in [-0.3, -0.25) is 0 Å². The van der Waals surface area contributed by atoms with Crippen molar-refractivity contribution in [2.75, 3.05) is 26.7 Å². The molecule has 0 saturated carbocycles. The molecular weight excluding hydrogens is 202 g/mol. The van der Waals surface area contributed by atoms with Crippen LogP contribution in [0.4, 0.5) is 0 Å². The highest BCUT2D eigenvalue weighted by molar-refractivity contribution is 5.89. The van der Waals surface area contributed by atoms with Crippen LogP contribution >= 0.6 is 12.4 Å². The first kappa shape index (κ1) is 13.2. The molecule has 1 aliphatic rings. The maximum absolute atomic E-state index is 11.3. The number of ether oxygens (including phenoxy) is 1. The molecule has 0 aromatic rings. The molecule has 1 heterocycles. The van der Waals surface area contributed by atoms with Gasteiger partial charge in [0.05, 0.1) is 0 Å². The number of halogens is 1. The fourth-order valence-corrected chi connectivity index (χ4v) is 1.27. The Morgan fingerprint density at radius 3 is 3.07 bits per heavy atom.